The second kappa shape index (κ2) is 16.2. The first-order valence-electron chi connectivity index (χ1n) is 13.8. The zero-order chi connectivity index (χ0) is 32.6. The maximum absolute atomic E-state index is 11.5. The molecule has 0 rings (SSSR count). The summed E-state index contributed by atoms with van der Waals surface area (Å²) in [5.74, 6) is 0.125. The van der Waals surface area contributed by atoms with E-state index in [0.717, 1.165) is 0 Å². The SMILES string of the molecule is CC(C)(C)C(=O)CC(=O)C(C)(C)C.CC(C)(C)C(=O)CC(=O)C(C)(C)C.CC(C)(C)C(=O)CC(=O)C(C)(C)C.[Co+3]. The van der Waals surface area contributed by atoms with Gasteiger partial charge in [0.25, 0.3) is 0 Å². The van der Waals surface area contributed by atoms with Gasteiger partial charge in [0, 0.05) is 32.5 Å². The Morgan fingerprint density at radius 1 is 0.275 bits per heavy atom. The van der Waals surface area contributed by atoms with Gasteiger partial charge in [0.15, 0.2) is 0 Å². The second-order valence-electron chi connectivity index (χ2n) is 16.6. The second-order valence-corrected chi connectivity index (χ2v) is 16.6. The molecular formula is C33H60CoO6+3. The molecule has 0 aromatic rings. The van der Waals surface area contributed by atoms with Gasteiger partial charge < -0.3 is 0 Å². The molecule has 0 bridgehead atoms. The molecule has 234 valence electrons. The third-order valence-corrected chi connectivity index (χ3v) is 5.98. The summed E-state index contributed by atoms with van der Waals surface area (Å²) in [5, 5.41) is 0. The molecule has 6 nitrogen and oxygen atoms in total. The van der Waals surface area contributed by atoms with E-state index in [1.807, 2.05) is 125 Å². The van der Waals surface area contributed by atoms with E-state index in [1.54, 1.807) is 0 Å². The zero-order valence-corrected chi connectivity index (χ0v) is 29.9. The van der Waals surface area contributed by atoms with Crippen LogP contribution >= 0.6 is 0 Å². The fraction of sp³-hybridized carbons (Fsp3) is 0.818. The van der Waals surface area contributed by atoms with Crippen LogP contribution in [-0.2, 0) is 45.5 Å². The van der Waals surface area contributed by atoms with Crippen LogP contribution < -0.4 is 0 Å². The van der Waals surface area contributed by atoms with Gasteiger partial charge in [-0.3, -0.25) is 28.8 Å². The molecule has 0 heterocycles. The molecule has 0 amide bonds. The molecular weight excluding hydrogens is 551 g/mol. The summed E-state index contributed by atoms with van der Waals surface area (Å²) in [6.07, 6.45) is 0.187. The third kappa shape index (κ3) is 21.3. The maximum atomic E-state index is 11.5. The molecule has 0 saturated carbocycles. The first-order valence-corrected chi connectivity index (χ1v) is 13.8. The Morgan fingerprint density at radius 2 is 0.350 bits per heavy atom. The van der Waals surface area contributed by atoms with E-state index in [4.69, 9.17) is 0 Å². The maximum Gasteiger partial charge on any atom is 3.00 e. The summed E-state index contributed by atoms with van der Waals surface area (Å²) in [6, 6.07) is 0. The van der Waals surface area contributed by atoms with Crippen molar-refractivity contribution < 1.29 is 45.5 Å². The Kier molecular flexibility index (Phi) is 18.5. The van der Waals surface area contributed by atoms with E-state index < -0.39 is 32.5 Å². The molecule has 0 aromatic heterocycles. The van der Waals surface area contributed by atoms with Crippen LogP contribution in [0.5, 0.6) is 0 Å². The Labute approximate surface area is 256 Å². The van der Waals surface area contributed by atoms with Crippen molar-refractivity contribution >= 4 is 34.7 Å². The van der Waals surface area contributed by atoms with Gasteiger partial charge in [-0.25, -0.2) is 0 Å². The number of ketones is 6. The van der Waals surface area contributed by atoms with Gasteiger partial charge in [-0.05, 0) is 0 Å². The van der Waals surface area contributed by atoms with Crippen LogP contribution in [0.3, 0.4) is 0 Å². The van der Waals surface area contributed by atoms with E-state index in [1.165, 1.54) is 0 Å². The number of carbonyl (C=O) groups is 6. The van der Waals surface area contributed by atoms with Crippen molar-refractivity contribution in [3.05, 3.63) is 0 Å². The van der Waals surface area contributed by atoms with E-state index in [-0.39, 0.29) is 70.7 Å². The molecule has 0 aliphatic carbocycles. The number of hydrogen-bond acceptors (Lipinski definition) is 6. The van der Waals surface area contributed by atoms with E-state index >= 15 is 0 Å². The van der Waals surface area contributed by atoms with E-state index in [0.29, 0.717) is 0 Å². The fourth-order valence-corrected chi connectivity index (χ4v) is 2.03. The Bertz CT molecular complexity index is 693. The average Bonchev–Trinajstić information content (AvgIpc) is 2.64. The summed E-state index contributed by atoms with van der Waals surface area (Å²) in [4.78, 5) is 69.0. The number of carbonyl (C=O) groups excluding carboxylic acids is 6. The first-order chi connectivity index (χ1) is 16.6. The fourth-order valence-electron chi connectivity index (χ4n) is 2.03. The molecule has 0 spiro atoms. The van der Waals surface area contributed by atoms with E-state index in [9.17, 15) is 28.8 Å². The molecule has 0 aromatic carbocycles. The van der Waals surface area contributed by atoms with Crippen molar-refractivity contribution in [1.82, 2.24) is 0 Å². The van der Waals surface area contributed by atoms with Gasteiger partial charge in [-0.2, -0.15) is 0 Å². The van der Waals surface area contributed by atoms with Crippen molar-refractivity contribution in [2.75, 3.05) is 0 Å². The van der Waals surface area contributed by atoms with Crippen LogP contribution in [0.15, 0.2) is 0 Å². The van der Waals surface area contributed by atoms with Crippen LogP contribution in [0.25, 0.3) is 0 Å². The van der Waals surface area contributed by atoms with Gasteiger partial charge in [-0.1, -0.05) is 125 Å². The van der Waals surface area contributed by atoms with Gasteiger partial charge in [-0.15, -0.1) is 0 Å². The number of Topliss-reactive ketones (excluding diaryl/α,β-unsaturated/α-hetero) is 6. The zero-order valence-electron chi connectivity index (χ0n) is 28.9. The van der Waals surface area contributed by atoms with Gasteiger partial charge >= 0.3 is 16.8 Å². The predicted octanol–water partition coefficient (Wildman–Crippen LogP) is 7.82. The minimum atomic E-state index is -0.402. The van der Waals surface area contributed by atoms with Crippen LogP contribution in [0.2, 0.25) is 0 Å². The van der Waals surface area contributed by atoms with Gasteiger partial charge in [0.2, 0.25) is 0 Å². The van der Waals surface area contributed by atoms with Crippen LogP contribution in [0.1, 0.15) is 144 Å². The Balaban J connectivity index is -0.000000240. The monoisotopic (exact) mass is 611 g/mol. The summed E-state index contributed by atoms with van der Waals surface area (Å²) in [7, 11) is 0. The van der Waals surface area contributed by atoms with Gasteiger partial charge in [0.05, 0.1) is 19.3 Å². The number of rotatable bonds is 6. The van der Waals surface area contributed by atoms with Crippen LogP contribution in [0.4, 0.5) is 0 Å². The molecule has 0 N–H and O–H groups in total. The normalized spacial score (nSPS) is 12.4. The topological polar surface area (TPSA) is 102 Å². The average molecular weight is 612 g/mol. The van der Waals surface area contributed by atoms with Crippen molar-refractivity contribution in [2.24, 2.45) is 32.5 Å². The molecule has 7 heteroatoms. The largest absolute Gasteiger partial charge is 3.00 e. The minimum Gasteiger partial charge on any atom is -0.299 e. The van der Waals surface area contributed by atoms with E-state index in [2.05, 4.69) is 0 Å². The Morgan fingerprint density at radius 3 is 0.400 bits per heavy atom. The van der Waals surface area contributed by atoms with Crippen molar-refractivity contribution in [3.63, 3.8) is 0 Å². The predicted molar refractivity (Wildman–Crippen MR) is 161 cm³/mol. The molecule has 0 aliphatic heterocycles. The van der Waals surface area contributed by atoms with Crippen molar-refractivity contribution in [1.29, 1.82) is 0 Å². The smallest absolute Gasteiger partial charge is 0.299 e. The van der Waals surface area contributed by atoms with Crippen LogP contribution in [0, 0.1) is 32.5 Å². The minimum absolute atomic E-state index is 0. The van der Waals surface area contributed by atoms with Crippen molar-refractivity contribution in [3.8, 4) is 0 Å². The summed E-state index contributed by atoms with van der Waals surface area (Å²) in [5.41, 5.74) is -2.41. The summed E-state index contributed by atoms with van der Waals surface area (Å²) < 4.78 is 0. The molecule has 0 unspecified atom stereocenters. The van der Waals surface area contributed by atoms with Crippen molar-refractivity contribution in [2.45, 2.75) is 144 Å². The standard InChI is InChI=1S/3C11H20O2.Co/c3*1-10(2,3)8(12)7-9(13)11(4,5)6;/h3*7H2,1-6H3;/q;;;+3. The third-order valence-electron chi connectivity index (χ3n) is 5.98. The quantitative estimate of drug-likeness (QED) is 0.284. The van der Waals surface area contributed by atoms with Gasteiger partial charge in [0.1, 0.15) is 34.7 Å². The molecule has 0 fully saturated rings. The molecule has 0 radical (unpaired) electrons. The van der Waals surface area contributed by atoms with Crippen LogP contribution in [-0.4, -0.2) is 34.7 Å². The first kappa shape index (κ1) is 45.5. The molecule has 0 aliphatic rings. The summed E-state index contributed by atoms with van der Waals surface area (Å²) in [6.45, 7) is 33.1. The number of hydrogen-bond donors (Lipinski definition) is 0. The summed E-state index contributed by atoms with van der Waals surface area (Å²) >= 11 is 0. The molecule has 0 saturated heterocycles. The molecule has 40 heavy (non-hydrogen) atoms. The Hall–Kier alpha value is -1.47. The molecule has 0 atom stereocenters.